The van der Waals surface area contributed by atoms with Gasteiger partial charge in [-0.3, -0.25) is 9.59 Å². The minimum atomic E-state index is -0.633. The topological polar surface area (TPSA) is 124 Å². The standard InChI is InChI=1S/C21H19N3O5/c22-20(26)14-7-9-15(10-8-14)24-19(25)13-29-21(27)17-5-1-2-6-18(17)23-12-16-4-3-11-28-16/h1-11,23H,12-13H2,(H2,22,26)(H,24,25). The number of carbonyl (C=O) groups excluding carboxylic acids is 3. The van der Waals surface area contributed by atoms with Crippen molar-refractivity contribution in [3.05, 3.63) is 83.8 Å². The zero-order chi connectivity index (χ0) is 20.6. The number of ether oxygens (including phenoxy) is 1. The third-order valence-corrected chi connectivity index (χ3v) is 3.97. The minimum Gasteiger partial charge on any atom is -0.467 e. The van der Waals surface area contributed by atoms with Gasteiger partial charge in [-0.25, -0.2) is 4.79 Å². The van der Waals surface area contributed by atoms with Crippen LogP contribution in [0.5, 0.6) is 0 Å². The lowest BCUT2D eigenvalue weighted by Gasteiger charge is -2.11. The van der Waals surface area contributed by atoms with Gasteiger partial charge in [0.1, 0.15) is 5.76 Å². The van der Waals surface area contributed by atoms with Crippen molar-refractivity contribution in [2.24, 2.45) is 5.73 Å². The molecule has 0 unspecified atom stereocenters. The molecule has 0 saturated carbocycles. The molecule has 2 aromatic carbocycles. The summed E-state index contributed by atoms with van der Waals surface area (Å²) in [7, 11) is 0. The number of amides is 2. The largest absolute Gasteiger partial charge is 0.467 e. The lowest BCUT2D eigenvalue weighted by molar-refractivity contribution is -0.119. The van der Waals surface area contributed by atoms with Crippen LogP contribution < -0.4 is 16.4 Å². The van der Waals surface area contributed by atoms with Gasteiger partial charge in [-0.2, -0.15) is 0 Å². The number of anilines is 2. The van der Waals surface area contributed by atoms with Crippen LogP contribution in [-0.2, 0) is 16.1 Å². The molecular formula is C21H19N3O5. The lowest BCUT2D eigenvalue weighted by Crippen LogP contribution is -2.21. The Kier molecular flexibility index (Phi) is 6.26. The maximum Gasteiger partial charge on any atom is 0.340 e. The predicted molar refractivity (Wildman–Crippen MR) is 106 cm³/mol. The molecule has 8 nitrogen and oxygen atoms in total. The van der Waals surface area contributed by atoms with E-state index in [2.05, 4.69) is 10.6 Å². The van der Waals surface area contributed by atoms with Crippen molar-refractivity contribution in [2.75, 3.05) is 17.2 Å². The van der Waals surface area contributed by atoms with Gasteiger partial charge < -0.3 is 25.5 Å². The lowest BCUT2D eigenvalue weighted by atomic mass is 10.2. The van der Waals surface area contributed by atoms with Crippen LogP contribution in [0.1, 0.15) is 26.5 Å². The number of carbonyl (C=O) groups is 3. The van der Waals surface area contributed by atoms with Gasteiger partial charge in [0.15, 0.2) is 6.61 Å². The summed E-state index contributed by atoms with van der Waals surface area (Å²) in [5.41, 5.74) is 6.82. The van der Waals surface area contributed by atoms with Crippen molar-refractivity contribution in [1.29, 1.82) is 0 Å². The molecule has 8 heteroatoms. The second-order valence-corrected chi connectivity index (χ2v) is 6.04. The highest BCUT2D eigenvalue weighted by atomic mass is 16.5. The number of primary amides is 1. The first-order valence-electron chi connectivity index (χ1n) is 8.75. The summed E-state index contributed by atoms with van der Waals surface area (Å²) in [6, 6.07) is 16.5. The van der Waals surface area contributed by atoms with E-state index in [9.17, 15) is 14.4 Å². The Morgan fingerprint density at radius 1 is 0.966 bits per heavy atom. The first-order valence-corrected chi connectivity index (χ1v) is 8.75. The molecule has 0 fully saturated rings. The van der Waals surface area contributed by atoms with Gasteiger partial charge in [-0.15, -0.1) is 0 Å². The Hall–Kier alpha value is -4.07. The zero-order valence-electron chi connectivity index (χ0n) is 15.4. The highest BCUT2D eigenvalue weighted by molar-refractivity contribution is 5.99. The molecule has 4 N–H and O–H groups in total. The number of esters is 1. The molecule has 1 heterocycles. The smallest absolute Gasteiger partial charge is 0.340 e. The van der Waals surface area contributed by atoms with Gasteiger partial charge in [0.25, 0.3) is 5.91 Å². The van der Waals surface area contributed by atoms with Crippen LogP contribution in [0, 0.1) is 0 Å². The summed E-state index contributed by atoms with van der Waals surface area (Å²) in [6.45, 7) is -0.0536. The summed E-state index contributed by atoms with van der Waals surface area (Å²) < 4.78 is 10.4. The fraction of sp³-hybridized carbons (Fsp3) is 0.0952. The maximum atomic E-state index is 12.4. The number of hydrogen-bond donors (Lipinski definition) is 3. The van der Waals surface area contributed by atoms with Gasteiger partial charge in [-0.1, -0.05) is 12.1 Å². The molecule has 2 amide bonds. The van der Waals surface area contributed by atoms with E-state index in [4.69, 9.17) is 14.9 Å². The average Bonchev–Trinajstić information content (AvgIpc) is 3.25. The summed E-state index contributed by atoms with van der Waals surface area (Å²) in [5, 5.41) is 5.68. The first-order chi connectivity index (χ1) is 14.0. The maximum absolute atomic E-state index is 12.4. The van der Waals surface area contributed by atoms with Gasteiger partial charge >= 0.3 is 5.97 Å². The molecule has 3 aromatic rings. The van der Waals surface area contributed by atoms with Crippen LogP contribution in [0.25, 0.3) is 0 Å². The van der Waals surface area contributed by atoms with Crippen molar-refractivity contribution in [1.82, 2.24) is 0 Å². The zero-order valence-corrected chi connectivity index (χ0v) is 15.4. The van der Waals surface area contributed by atoms with Crippen molar-refractivity contribution in [2.45, 2.75) is 6.54 Å². The highest BCUT2D eigenvalue weighted by Gasteiger charge is 2.14. The number of nitrogens with one attached hydrogen (secondary N) is 2. The number of hydrogen-bond acceptors (Lipinski definition) is 6. The minimum absolute atomic E-state index is 0.303. The SMILES string of the molecule is NC(=O)c1ccc(NC(=O)COC(=O)c2ccccc2NCc2ccco2)cc1. The summed E-state index contributed by atoms with van der Waals surface area (Å²) >= 11 is 0. The third kappa shape index (κ3) is 5.46. The van der Waals surface area contributed by atoms with Crippen LogP contribution >= 0.6 is 0 Å². The molecule has 0 aliphatic rings. The molecule has 0 radical (unpaired) electrons. The molecule has 0 aliphatic heterocycles. The van der Waals surface area contributed by atoms with Gasteiger partial charge in [0, 0.05) is 16.9 Å². The second kappa shape index (κ2) is 9.23. The molecule has 0 aliphatic carbocycles. The van der Waals surface area contributed by atoms with Crippen LogP contribution in [0.4, 0.5) is 11.4 Å². The Labute approximate surface area is 166 Å². The van der Waals surface area contributed by atoms with Crippen molar-refractivity contribution in [3.8, 4) is 0 Å². The van der Waals surface area contributed by atoms with Gasteiger partial charge in [0.05, 0.1) is 18.4 Å². The van der Waals surface area contributed by atoms with E-state index < -0.39 is 24.4 Å². The molecule has 0 spiro atoms. The van der Waals surface area contributed by atoms with E-state index in [1.54, 1.807) is 36.6 Å². The van der Waals surface area contributed by atoms with E-state index in [1.165, 1.54) is 24.3 Å². The quantitative estimate of drug-likeness (QED) is 0.506. The fourth-order valence-corrected chi connectivity index (χ4v) is 2.53. The van der Waals surface area contributed by atoms with Crippen molar-refractivity contribution in [3.63, 3.8) is 0 Å². The monoisotopic (exact) mass is 393 g/mol. The van der Waals surface area contributed by atoms with Crippen LogP contribution in [-0.4, -0.2) is 24.4 Å². The number of furan rings is 1. The normalized spacial score (nSPS) is 10.2. The van der Waals surface area contributed by atoms with Crippen molar-refractivity contribution < 1.29 is 23.5 Å². The fourth-order valence-electron chi connectivity index (χ4n) is 2.53. The molecule has 3 rings (SSSR count). The molecular weight excluding hydrogens is 374 g/mol. The third-order valence-electron chi connectivity index (χ3n) is 3.97. The molecule has 0 bridgehead atoms. The number of para-hydroxylation sites is 1. The summed E-state index contributed by atoms with van der Waals surface area (Å²) in [4.78, 5) is 35.5. The highest BCUT2D eigenvalue weighted by Crippen LogP contribution is 2.17. The van der Waals surface area contributed by atoms with E-state index in [0.29, 0.717) is 29.0 Å². The average molecular weight is 393 g/mol. The van der Waals surface area contributed by atoms with E-state index >= 15 is 0 Å². The number of benzene rings is 2. The Balaban J connectivity index is 1.54. The molecule has 1 aromatic heterocycles. The molecule has 0 saturated heterocycles. The van der Waals surface area contributed by atoms with Crippen LogP contribution in [0.2, 0.25) is 0 Å². The summed E-state index contributed by atoms with van der Waals surface area (Å²) in [6.07, 6.45) is 1.57. The first kappa shape index (κ1) is 19.7. The van der Waals surface area contributed by atoms with Crippen molar-refractivity contribution >= 4 is 29.2 Å². The number of nitrogens with two attached hydrogens (primary N) is 1. The Morgan fingerprint density at radius 2 is 1.72 bits per heavy atom. The van der Waals surface area contributed by atoms with Gasteiger partial charge in [0.2, 0.25) is 5.91 Å². The molecule has 148 valence electrons. The Bertz CT molecular complexity index is 997. The van der Waals surface area contributed by atoms with E-state index in [0.717, 1.165) is 5.76 Å². The summed E-state index contributed by atoms with van der Waals surface area (Å²) in [5.74, 6) is -0.982. The van der Waals surface area contributed by atoms with Crippen LogP contribution in [0.15, 0.2) is 71.3 Å². The second-order valence-electron chi connectivity index (χ2n) is 6.04. The molecule has 29 heavy (non-hydrogen) atoms. The predicted octanol–water partition coefficient (Wildman–Crippen LogP) is 2.79. The Morgan fingerprint density at radius 3 is 2.41 bits per heavy atom. The van der Waals surface area contributed by atoms with Gasteiger partial charge in [-0.05, 0) is 48.5 Å². The number of rotatable bonds is 8. The van der Waals surface area contributed by atoms with Crippen LogP contribution in [0.3, 0.4) is 0 Å². The van der Waals surface area contributed by atoms with E-state index in [1.807, 2.05) is 6.07 Å². The molecule has 0 atom stereocenters. The van der Waals surface area contributed by atoms with E-state index in [-0.39, 0.29) is 0 Å².